The molecule has 4 rings (SSSR count). The second-order valence-electron chi connectivity index (χ2n) is 5.96. The minimum Gasteiger partial charge on any atom is -0.454 e. The molecule has 6 nitrogen and oxygen atoms in total. The molecule has 0 saturated carbocycles. The van der Waals surface area contributed by atoms with E-state index in [0.29, 0.717) is 12.7 Å². The van der Waals surface area contributed by atoms with Gasteiger partial charge in [-0.15, -0.1) is 10.2 Å². The Kier molecular flexibility index (Phi) is 3.46. The van der Waals surface area contributed by atoms with Gasteiger partial charge in [0.15, 0.2) is 11.5 Å². The number of nitrogens with zero attached hydrogens (tertiary/aromatic N) is 3. The minimum atomic E-state index is 0.324. The van der Waals surface area contributed by atoms with Gasteiger partial charge in [0.2, 0.25) is 6.79 Å². The molecule has 1 unspecified atom stereocenters. The van der Waals surface area contributed by atoms with E-state index in [9.17, 15) is 0 Å². The van der Waals surface area contributed by atoms with Crippen LogP contribution in [-0.2, 0) is 19.5 Å². The number of para-hydroxylation sites is 1. The van der Waals surface area contributed by atoms with Gasteiger partial charge < -0.3 is 19.4 Å². The Bertz CT molecular complexity index is 683. The second-order valence-corrected chi connectivity index (χ2v) is 5.96. The van der Waals surface area contributed by atoms with Crippen LogP contribution in [-0.4, -0.2) is 28.1 Å². The van der Waals surface area contributed by atoms with Crippen molar-refractivity contribution in [1.29, 1.82) is 0 Å². The second kappa shape index (κ2) is 5.61. The quantitative estimate of drug-likeness (QED) is 0.930. The van der Waals surface area contributed by atoms with Gasteiger partial charge in [-0.25, -0.2) is 0 Å². The third kappa shape index (κ3) is 2.43. The van der Waals surface area contributed by atoms with Crippen LogP contribution in [0.1, 0.15) is 23.6 Å². The molecule has 0 aliphatic carbocycles. The normalized spacial score (nSPS) is 19.2. The van der Waals surface area contributed by atoms with Gasteiger partial charge in [-0.2, -0.15) is 0 Å². The lowest BCUT2D eigenvalue weighted by molar-refractivity contribution is 0.173. The smallest absolute Gasteiger partial charge is 0.231 e. The zero-order valence-corrected chi connectivity index (χ0v) is 12.7. The highest BCUT2D eigenvalue weighted by molar-refractivity contribution is 5.48. The van der Waals surface area contributed by atoms with Crippen LogP contribution in [0.15, 0.2) is 18.2 Å². The van der Waals surface area contributed by atoms with Crippen LogP contribution in [0.25, 0.3) is 0 Å². The van der Waals surface area contributed by atoms with Crippen molar-refractivity contribution in [2.24, 2.45) is 5.92 Å². The summed E-state index contributed by atoms with van der Waals surface area (Å²) >= 11 is 0. The summed E-state index contributed by atoms with van der Waals surface area (Å²) < 4.78 is 13.2. The molecule has 0 bridgehead atoms. The highest BCUT2D eigenvalue weighted by atomic mass is 16.7. The first-order chi connectivity index (χ1) is 10.8. The predicted octanol–water partition coefficient (Wildman–Crippen LogP) is 1.67. The molecule has 0 saturated heterocycles. The van der Waals surface area contributed by atoms with E-state index in [4.69, 9.17) is 9.47 Å². The van der Waals surface area contributed by atoms with Gasteiger partial charge in [0.1, 0.15) is 11.6 Å². The molecule has 0 radical (unpaired) electrons. The van der Waals surface area contributed by atoms with Crippen molar-refractivity contribution in [2.45, 2.75) is 32.9 Å². The molecule has 1 atom stereocenters. The number of aromatic nitrogens is 3. The maximum atomic E-state index is 5.54. The Morgan fingerprint density at radius 1 is 1.32 bits per heavy atom. The van der Waals surface area contributed by atoms with Gasteiger partial charge >= 0.3 is 0 Å². The van der Waals surface area contributed by atoms with Crippen molar-refractivity contribution in [3.05, 3.63) is 35.4 Å². The predicted molar refractivity (Wildman–Crippen MR) is 80.8 cm³/mol. The number of fused-ring (bicyclic) bond motifs is 2. The molecule has 6 heteroatoms. The minimum absolute atomic E-state index is 0.324. The molecule has 0 spiro atoms. The number of hydrogen-bond acceptors (Lipinski definition) is 5. The highest BCUT2D eigenvalue weighted by Gasteiger charge is 2.22. The van der Waals surface area contributed by atoms with Crippen LogP contribution >= 0.6 is 0 Å². The van der Waals surface area contributed by atoms with E-state index in [2.05, 4.69) is 26.1 Å². The Morgan fingerprint density at radius 2 is 2.27 bits per heavy atom. The molecule has 0 amide bonds. The number of hydrogen-bond donors (Lipinski definition) is 1. The lowest BCUT2D eigenvalue weighted by Gasteiger charge is -2.24. The number of benzene rings is 1. The molecular formula is C16H20N4O2. The Balaban J connectivity index is 1.35. The summed E-state index contributed by atoms with van der Waals surface area (Å²) in [6.45, 7) is 5.15. The van der Waals surface area contributed by atoms with Gasteiger partial charge in [-0.1, -0.05) is 12.1 Å². The van der Waals surface area contributed by atoms with Gasteiger partial charge in [0, 0.05) is 25.1 Å². The highest BCUT2D eigenvalue weighted by Crippen LogP contribution is 2.35. The SMILES string of the molecule is Cc1nnc2n1CC(CNCc1cccc3c1OCO3)CC2. The van der Waals surface area contributed by atoms with E-state index in [1.165, 1.54) is 0 Å². The van der Waals surface area contributed by atoms with Crippen LogP contribution in [0.5, 0.6) is 11.5 Å². The van der Waals surface area contributed by atoms with Gasteiger partial charge in [-0.05, 0) is 31.9 Å². The topological polar surface area (TPSA) is 61.2 Å². The molecule has 2 aliphatic heterocycles. The van der Waals surface area contributed by atoms with E-state index in [1.54, 1.807) is 0 Å². The summed E-state index contributed by atoms with van der Waals surface area (Å²) in [5.41, 5.74) is 1.16. The average Bonchev–Trinajstić information content (AvgIpc) is 3.15. The number of aryl methyl sites for hydroxylation is 2. The van der Waals surface area contributed by atoms with Gasteiger partial charge in [0.25, 0.3) is 0 Å². The van der Waals surface area contributed by atoms with Crippen molar-refractivity contribution < 1.29 is 9.47 Å². The first-order valence-electron chi connectivity index (χ1n) is 7.78. The number of rotatable bonds is 4. The van der Waals surface area contributed by atoms with Crippen molar-refractivity contribution in [3.63, 3.8) is 0 Å². The molecule has 3 heterocycles. The standard InChI is InChI=1S/C16H20N4O2/c1-11-18-19-15-6-5-12(9-20(11)15)7-17-8-13-3-2-4-14-16(13)22-10-21-14/h2-4,12,17H,5-10H2,1H3. The zero-order valence-electron chi connectivity index (χ0n) is 12.7. The lowest BCUT2D eigenvalue weighted by Crippen LogP contribution is -2.30. The van der Waals surface area contributed by atoms with Crippen LogP contribution in [0.3, 0.4) is 0 Å². The Morgan fingerprint density at radius 3 is 3.23 bits per heavy atom. The molecule has 2 aromatic rings. The number of ether oxygens (including phenoxy) is 2. The zero-order chi connectivity index (χ0) is 14.9. The van der Waals surface area contributed by atoms with E-state index < -0.39 is 0 Å². The Hall–Kier alpha value is -2.08. The molecular weight excluding hydrogens is 280 g/mol. The first kappa shape index (κ1) is 13.6. The third-order valence-corrected chi connectivity index (χ3v) is 4.46. The van der Waals surface area contributed by atoms with Crippen molar-refractivity contribution in [3.8, 4) is 11.5 Å². The van der Waals surface area contributed by atoms with Crippen LogP contribution in [0.4, 0.5) is 0 Å². The summed E-state index contributed by atoms with van der Waals surface area (Å²) in [5, 5.41) is 11.9. The average molecular weight is 300 g/mol. The molecule has 116 valence electrons. The largest absolute Gasteiger partial charge is 0.454 e. The van der Waals surface area contributed by atoms with Crippen LogP contribution in [0, 0.1) is 12.8 Å². The Labute approximate surface area is 129 Å². The van der Waals surface area contributed by atoms with Gasteiger partial charge in [-0.3, -0.25) is 0 Å². The maximum absolute atomic E-state index is 5.54. The number of nitrogens with one attached hydrogen (secondary N) is 1. The summed E-state index contributed by atoms with van der Waals surface area (Å²) in [6.07, 6.45) is 2.18. The summed E-state index contributed by atoms with van der Waals surface area (Å²) in [7, 11) is 0. The van der Waals surface area contributed by atoms with Crippen molar-refractivity contribution in [2.75, 3.05) is 13.3 Å². The fourth-order valence-corrected chi connectivity index (χ4v) is 3.24. The lowest BCUT2D eigenvalue weighted by atomic mass is 9.99. The van der Waals surface area contributed by atoms with E-state index in [-0.39, 0.29) is 0 Å². The monoisotopic (exact) mass is 300 g/mol. The first-order valence-corrected chi connectivity index (χ1v) is 7.78. The molecule has 1 N–H and O–H groups in total. The van der Waals surface area contributed by atoms with Crippen molar-refractivity contribution in [1.82, 2.24) is 20.1 Å². The fraction of sp³-hybridized carbons (Fsp3) is 0.500. The summed E-state index contributed by atoms with van der Waals surface area (Å²) in [4.78, 5) is 0. The van der Waals surface area contributed by atoms with E-state index >= 15 is 0 Å². The molecule has 1 aromatic carbocycles. The third-order valence-electron chi connectivity index (χ3n) is 4.46. The molecule has 22 heavy (non-hydrogen) atoms. The fourth-order valence-electron chi connectivity index (χ4n) is 3.24. The summed E-state index contributed by atoms with van der Waals surface area (Å²) in [6, 6.07) is 6.05. The van der Waals surface area contributed by atoms with E-state index in [0.717, 1.165) is 61.2 Å². The van der Waals surface area contributed by atoms with Crippen LogP contribution in [0.2, 0.25) is 0 Å². The van der Waals surface area contributed by atoms with Gasteiger partial charge in [0.05, 0.1) is 0 Å². The molecule has 1 aromatic heterocycles. The molecule has 0 fully saturated rings. The van der Waals surface area contributed by atoms with E-state index in [1.807, 2.05) is 19.1 Å². The molecule has 2 aliphatic rings. The summed E-state index contributed by atoms with van der Waals surface area (Å²) in [5.74, 6) is 4.50. The van der Waals surface area contributed by atoms with Crippen LogP contribution < -0.4 is 14.8 Å². The maximum Gasteiger partial charge on any atom is 0.231 e. The van der Waals surface area contributed by atoms with Crippen molar-refractivity contribution >= 4 is 0 Å².